The smallest absolute Gasteiger partial charge is 0.238 e. The van der Waals surface area contributed by atoms with Gasteiger partial charge < -0.3 is 10.4 Å². The second kappa shape index (κ2) is 7.52. The lowest BCUT2D eigenvalue weighted by Gasteiger charge is -2.34. The lowest BCUT2D eigenvalue weighted by atomic mass is 9.99. The van der Waals surface area contributed by atoms with Crippen LogP contribution in [0.5, 0.6) is 0 Å². The lowest BCUT2D eigenvalue weighted by molar-refractivity contribution is -0.118. The third-order valence-corrected chi connectivity index (χ3v) is 4.03. The Morgan fingerprint density at radius 3 is 3.05 bits per heavy atom. The first-order valence-corrected chi connectivity index (χ1v) is 7.51. The molecule has 0 spiro atoms. The molecule has 1 aliphatic heterocycles. The van der Waals surface area contributed by atoms with Crippen LogP contribution in [0.2, 0.25) is 0 Å². The van der Waals surface area contributed by atoms with Crippen molar-refractivity contribution in [3.8, 4) is 0 Å². The number of aliphatic hydroxyl groups excluding tert-OH is 1. The second-order valence-corrected chi connectivity index (χ2v) is 5.64. The van der Waals surface area contributed by atoms with Crippen molar-refractivity contribution in [2.45, 2.75) is 38.6 Å². The lowest BCUT2D eigenvalue weighted by Crippen LogP contribution is -2.44. The summed E-state index contributed by atoms with van der Waals surface area (Å²) in [7, 11) is 0. The van der Waals surface area contributed by atoms with Crippen LogP contribution in [-0.2, 0) is 4.79 Å². The van der Waals surface area contributed by atoms with Crippen molar-refractivity contribution in [1.82, 2.24) is 4.90 Å². The summed E-state index contributed by atoms with van der Waals surface area (Å²) in [6, 6.07) is 4.64. The molecule has 116 valence electrons. The Bertz CT molecular complexity index is 491. The fourth-order valence-electron chi connectivity index (χ4n) is 2.85. The minimum Gasteiger partial charge on any atom is -0.396 e. The number of aryl methyl sites for hydroxylation is 1. The molecule has 1 aromatic rings. The van der Waals surface area contributed by atoms with Crippen LogP contribution in [0.3, 0.4) is 0 Å². The van der Waals surface area contributed by atoms with Gasteiger partial charge in [0.1, 0.15) is 5.82 Å². The fourth-order valence-corrected chi connectivity index (χ4v) is 2.85. The predicted molar refractivity (Wildman–Crippen MR) is 80.7 cm³/mol. The van der Waals surface area contributed by atoms with E-state index in [1.807, 2.05) is 6.92 Å². The molecular formula is C16H23FN2O2. The van der Waals surface area contributed by atoms with Gasteiger partial charge in [-0.05, 0) is 50.4 Å². The molecule has 1 atom stereocenters. The minimum atomic E-state index is -0.355. The summed E-state index contributed by atoms with van der Waals surface area (Å²) < 4.78 is 13.2. The van der Waals surface area contributed by atoms with Crippen LogP contribution in [0.25, 0.3) is 0 Å². The highest BCUT2D eigenvalue weighted by molar-refractivity contribution is 5.93. The van der Waals surface area contributed by atoms with Gasteiger partial charge in [0.2, 0.25) is 5.91 Å². The maximum atomic E-state index is 13.2. The predicted octanol–water partition coefficient (Wildman–Crippen LogP) is 2.31. The number of anilines is 1. The Hall–Kier alpha value is -1.46. The maximum Gasteiger partial charge on any atom is 0.238 e. The van der Waals surface area contributed by atoms with E-state index < -0.39 is 0 Å². The number of nitrogens with one attached hydrogen (secondary N) is 1. The van der Waals surface area contributed by atoms with Crippen LogP contribution in [-0.4, -0.2) is 41.7 Å². The summed E-state index contributed by atoms with van der Waals surface area (Å²) >= 11 is 0. The zero-order valence-electron chi connectivity index (χ0n) is 12.4. The molecule has 5 heteroatoms. The van der Waals surface area contributed by atoms with Crippen molar-refractivity contribution in [2.24, 2.45) is 0 Å². The molecule has 0 bridgehead atoms. The Kier molecular flexibility index (Phi) is 5.70. The van der Waals surface area contributed by atoms with Crippen molar-refractivity contribution in [1.29, 1.82) is 0 Å². The molecule has 0 aliphatic carbocycles. The van der Waals surface area contributed by atoms with E-state index >= 15 is 0 Å². The number of benzene rings is 1. The van der Waals surface area contributed by atoms with Gasteiger partial charge in [-0.25, -0.2) is 4.39 Å². The minimum absolute atomic E-state index is 0.131. The number of halogens is 1. The number of carbonyl (C=O) groups excluding carboxylic acids is 1. The van der Waals surface area contributed by atoms with Crippen LogP contribution >= 0.6 is 0 Å². The summed E-state index contributed by atoms with van der Waals surface area (Å²) in [6.07, 6.45) is 3.94. The molecule has 1 fully saturated rings. The van der Waals surface area contributed by atoms with Crippen LogP contribution in [0.4, 0.5) is 10.1 Å². The largest absolute Gasteiger partial charge is 0.396 e. The second-order valence-electron chi connectivity index (χ2n) is 5.64. The van der Waals surface area contributed by atoms with Gasteiger partial charge >= 0.3 is 0 Å². The molecule has 1 unspecified atom stereocenters. The van der Waals surface area contributed by atoms with Crippen LogP contribution < -0.4 is 5.32 Å². The molecule has 2 N–H and O–H groups in total. The molecule has 1 heterocycles. The number of likely N-dealkylation sites (tertiary alicyclic amines) is 1. The number of nitrogens with zero attached hydrogens (tertiary/aromatic N) is 1. The van der Waals surface area contributed by atoms with E-state index in [4.69, 9.17) is 5.11 Å². The zero-order chi connectivity index (χ0) is 15.2. The molecule has 1 saturated heterocycles. The quantitative estimate of drug-likeness (QED) is 0.876. The van der Waals surface area contributed by atoms with E-state index in [0.717, 1.165) is 31.4 Å². The van der Waals surface area contributed by atoms with Gasteiger partial charge in [-0.15, -0.1) is 0 Å². The highest BCUT2D eigenvalue weighted by Crippen LogP contribution is 2.20. The van der Waals surface area contributed by atoms with Gasteiger partial charge in [0.15, 0.2) is 0 Å². The topological polar surface area (TPSA) is 52.6 Å². The summed E-state index contributed by atoms with van der Waals surface area (Å²) in [5, 5.41) is 11.9. The van der Waals surface area contributed by atoms with Gasteiger partial charge in [-0.2, -0.15) is 0 Å². The van der Waals surface area contributed by atoms with Gasteiger partial charge in [0.05, 0.1) is 6.54 Å². The molecular weight excluding hydrogens is 271 g/mol. The molecule has 1 aliphatic rings. The van der Waals surface area contributed by atoms with Crippen LogP contribution in [0.1, 0.15) is 31.2 Å². The van der Waals surface area contributed by atoms with Crippen LogP contribution in [0.15, 0.2) is 18.2 Å². The van der Waals surface area contributed by atoms with Gasteiger partial charge in [0, 0.05) is 18.3 Å². The number of aliphatic hydroxyl groups is 1. The van der Waals surface area contributed by atoms with Gasteiger partial charge in [-0.1, -0.05) is 12.5 Å². The first kappa shape index (κ1) is 15.9. The highest BCUT2D eigenvalue weighted by atomic mass is 19.1. The van der Waals surface area contributed by atoms with E-state index in [1.54, 1.807) is 6.07 Å². The van der Waals surface area contributed by atoms with E-state index in [9.17, 15) is 9.18 Å². The normalized spacial score (nSPS) is 19.5. The summed E-state index contributed by atoms with van der Waals surface area (Å²) in [5.74, 6) is -0.486. The van der Waals surface area contributed by atoms with E-state index in [-0.39, 0.29) is 24.4 Å². The average molecular weight is 294 g/mol. The molecule has 1 aromatic carbocycles. The Morgan fingerprint density at radius 1 is 1.48 bits per heavy atom. The van der Waals surface area contributed by atoms with E-state index in [1.165, 1.54) is 12.1 Å². The van der Waals surface area contributed by atoms with Crippen molar-refractivity contribution in [2.75, 3.05) is 25.0 Å². The summed E-state index contributed by atoms with van der Waals surface area (Å²) in [5.41, 5.74) is 1.37. The van der Waals surface area contributed by atoms with Crippen molar-refractivity contribution in [3.05, 3.63) is 29.6 Å². The van der Waals surface area contributed by atoms with Gasteiger partial charge in [0.25, 0.3) is 0 Å². The number of rotatable bonds is 5. The molecule has 0 aromatic heterocycles. The zero-order valence-corrected chi connectivity index (χ0v) is 12.4. The van der Waals surface area contributed by atoms with E-state index in [2.05, 4.69) is 10.2 Å². The van der Waals surface area contributed by atoms with Crippen molar-refractivity contribution >= 4 is 11.6 Å². The first-order chi connectivity index (χ1) is 10.1. The highest BCUT2D eigenvalue weighted by Gasteiger charge is 2.23. The number of amides is 1. The standard InChI is InChI=1S/C16H23FN2O2/c1-12-5-6-13(17)10-15(12)18-16(21)11-19-8-3-2-4-14(19)7-9-20/h5-6,10,14,20H,2-4,7-9,11H2,1H3,(H,18,21). The Morgan fingerprint density at radius 2 is 2.29 bits per heavy atom. The maximum absolute atomic E-state index is 13.2. The third-order valence-electron chi connectivity index (χ3n) is 4.03. The Balaban J connectivity index is 1.95. The molecule has 0 radical (unpaired) electrons. The molecule has 4 nitrogen and oxygen atoms in total. The SMILES string of the molecule is Cc1ccc(F)cc1NC(=O)CN1CCCCC1CCO. The van der Waals surface area contributed by atoms with Crippen molar-refractivity contribution < 1.29 is 14.3 Å². The molecule has 2 rings (SSSR count). The Labute approximate surface area is 125 Å². The average Bonchev–Trinajstić information content (AvgIpc) is 2.45. The van der Waals surface area contributed by atoms with Crippen molar-refractivity contribution in [3.63, 3.8) is 0 Å². The third kappa shape index (κ3) is 4.51. The summed E-state index contributed by atoms with van der Waals surface area (Å²) in [6.45, 7) is 3.15. The number of carbonyl (C=O) groups is 1. The monoisotopic (exact) mass is 294 g/mol. The number of hydrogen-bond donors (Lipinski definition) is 2. The molecule has 1 amide bonds. The van der Waals surface area contributed by atoms with E-state index in [0.29, 0.717) is 18.7 Å². The van der Waals surface area contributed by atoms with Crippen LogP contribution in [0, 0.1) is 12.7 Å². The number of hydrogen-bond acceptors (Lipinski definition) is 3. The molecule has 0 saturated carbocycles. The van der Waals surface area contributed by atoms with Gasteiger partial charge in [-0.3, -0.25) is 9.69 Å². The fraction of sp³-hybridized carbons (Fsp3) is 0.562. The molecule has 21 heavy (non-hydrogen) atoms. The first-order valence-electron chi connectivity index (χ1n) is 7.51. The number of piperidine rings is 1. The summed E-state index contributed by atoms with van der Waals surface area (Å²) in [4.78, 5) is 14.3.